The van der Waals surface area contributed by atoms with Gasteiger partial charge < -0.3 is 19.8 Å². The summed E-state index contributed by atoms with van der Waals surface area (Å²) in [6.07, 6.45) is 2.41. The fourth-order valence-corrected chi connectivity index (χ4v) is 3.35. The molecule has 0 unspecified atom stereocenters. The lowest BCUT2D eigenvalue weighted by molar-refractivity contribution is -0.138. The number of carbonyl (C=O) groups excluding carboxylic acids is 1. The highest BCUT2D eigenvalue weighted by Crippen LogP contribution is 2.29. The van der Waals surface area contributed by atoms with Gasteiger partial charge in [-0.1, -0.05) is 18.5 Å². The maximum absolute atomic E-state index is 12.7. The third-order valence-corrected chi connectivity index (χ3v) is 4.81. The number of amides is 1. The predicted molar refractivity (Wildman–Crippen MR) is 92.6 cm³/mol. The number of rotatable bonds is 7. The Hall–Kier alpha value is -2.33. The van der Waals surface area contributed by atoms with Crippen molar-refractivity contribution in [1.82, 2.24) is 5.32 Å². The lowest BCUT2D eigenvalue weighted by Crippen LogP contribution is -2.45. The van der Waals surface area contributed by atoms with E-state index in [2.05, 4.69) is 20.4 Å². The summed E-state index contributed by atoms with van der Waals surface area (Å²) < 4.78 is 5.13. The number of aliphatic imine (C=N–C) groups is 1. The molecule has 2 atom stereocenters. The van der Waals surface area contributed by atoms with E-state index in [-0.39, 0.29) is 17.4 Å². The molecule has 1 aromatic rings. The van der Waals surface area contributed by atoms with E-state index < -0.39 is 17.2 Å². The van der Waals surface area contributed by atoms with Crippen LogP contribution in [0.3, 0.4) is 0 Å². The predicted octanol–water partition coefficient (Wildman–Crippen LogP) is 1.81. The molecule has 2 heterocycles. The molecule has 0 spiro atoms. The molecule has 2 rings (SSSR count). The van der Waals surface area contributed by atoms with E-state index in [1.165, 1.54) is 24.0 Å². The van der Waals surface area contributed by atoms with Crippen LogP contribution in [0.2, 0.25) is 0 Å². The standard InChI is InChI=1S/C15H19N3O6S/c1-3-4-10(11-5-9(24-22)6-13(19)23-11)17-14(20)15(2)8-25-12(18-15)7-16-21/h5-7,10,21-22H,3-4,8H2,1-2H3,(H,17,20)/b16-7+/t10-,15+/m1/s1. The van der Waals surface area contributed by atoms with E-state index >= 15 is 0 Å². The Morgan fingerprint density at radius 3 is 3.04 bits per heavy atom. The number of thioether (sulfide) groups is 1. The van der Waals surface area contributed by atoms with E-state index in [0.29, 0.717) is 17.2 Å². The molecule has 136 valence electrons. The van der Waals surface area contributed by atoms with Crippen molar-refractivity contribution in [2.24, 2.45) is 10.1 Å². The maximum Gasteiger partial charge on any atom is 0.339 e. The number of oxime groups is 1. The van der Waals surface area contributed by atoms with Gasteiger partial charge in [-0.15, -0.1) is 11.8 Å². The SMILES string of the molecule is CCC[C@@H](NC(=O)[C@]1(C)CSC(/C=N/O)=N1)c1cc(OO)cc(=O)o1. The highest BCUT2D eigenvalue weighted by molar-refractivity contribution is 8.15. The summed E-state index contributed by atoms with van der Waals surface area (Å²) in [4.78, 5) is 32.6. The first-order chi connectivity index (χ1) is 11.9. The fourth-order valence-electron chi connectivity index (χ4n) is 2.34. The molecule has 1 amide bonds. The monoisotopic (exact) mass is 369 g/mol. The zero-order valence-corrected chi connectivity index (χ0v) is 14.6. The van der Waals surface area contributed by atoms with Crippen molar-refractivity contribution in [2.45, 2.75) is 38.3 Å². The summed E-state index contributed by atoms with van der Waals surface area (Å²) in [7, 11) is 0. The summed E-state index contributed by atoms with van der Waals surface area (Å²) in [6.45, 7) is 3.59. The topological polar surface area (TPSA) is 134 Å². The van der Waals surface area contributed by atoms with Gasteiger partial charge in [0.05, 0.1) is 18.3 Å². The Balaban J connectivity index is 2.23. The highest BCUT2D eigenvalue weighted by atomic mass is 32.2. The fraction of sp³-hybridized carbons (Fsp3) is 0.467. The molecular weight excluding hydrogens is 350 g/mol. The molecule has 1 aliphatic rings. The van der Waals surface area contributed by atoms with Crippen LogP contribution in [0.1, 0.15) is 38.5 Å². The van der Waals surface area contributed by atoms with Crippen molar-refractivity contribution in [1.29, 1.82) is 0 Å². The minimum absolute atomic E-state index is 0.0660. The first-order valence-electron chi connectivity index (χ1n) is 7.59. The van der Waals surface area contributed by atoms with Gasteiger partial charge in [0.1, 0.15) is 16.3 Å². The summed E-state index contributed by atoms with van der Waals surface area (Å²) in [5, 5.41) is 23.5. The number of hydrogen-bond acceptors (Lipinski definition) is 9. The van der Waals surface area contributed by atoms with Crippen molar-refractivity contribution in [2.75, 3.05) is 5.75 Å². The molecule has 25 heavy (non-hydrogen) atoms. The van der Waals surface area contributed by atoms with E-state index in [1.807, 2.05) is 6.92 Å². The van der Waals surface area contributed by atoms with Crippen molar-refractivity contribution in [3.63, 3.8) is 0 Å². The van der Waals surface area contributed by atoms with Crippen LogP contribution in [0.4, 0.5) is 0 Å². The van der Waals surface area contributed by atoms with Crippen LogP contribution in [0.25, 0.3) is 0 Å². The second kappa shape index (κ2) is 8.17. The van der Waals surface area contributed by atoms with Crippen LogP contribution in [0, 0.1) is 0 Å². The molecule has 1 aromatic heterocycles. The second-order valence-electron chi connectivity index (χ2n) is 5.68. The Kier molecular flexibility index (Phi) is 6.21. The zero-order chi connectivity index (χ0) is 18.4. The first kappa shape index (κ1) is 19.0. The van der Waals surface area contributed by atoms with Crippen LogP contribution in [-0.4, -0.2) is 38.9 Å². The van der Waals surface area contributed by atoms with Gasteiger partial charge >= 0.3 is 5.63 Å². The number of nitrogens with one attached hydrogen (secondary N) is 1. The van der Waals surface area contributed by atoms with Crippen LogP contribution in [0.5, 0.6) is 5.75 Å². The van der Waals surface area contributed by atoms with E-state index in [4.69, 9.17) is 14.9 Å². The lowest BCUT2D eigenvalue weighted by Gasteiger charge is -2.24. The Bertz CT molecular complexity index is 747. The van der Waals surface area contributed by atoms with Crippen molar-refractivity contribution in [3.05, 3.63) is 28.3 Å². The molecule has 0 saturated carbocycles. The third-order valence-electron chi connectivity index (χ3n) is 3.61. The first-order valence-corrected chi connectivity index (χ1v) is 8.58. The van der Waals surface area contributed by atoms with Crippen LogP contribution in [-0.2, 0) is 4.79 Å². The third kappa shape index (κ3) is 4.60. The van der Waals surface area contributed by atoms with Crippen LogP contribution in [0.15, 0.2) is 31.5 Å². The molecule has 1 aliphatic heterocycles. The van der Waals surface area contributed by atoms with E-state index in [0.717, 1.165) is 12.5 Å². The van der Waals surface area contributed by atoms with Gasteiger partial charge in [-0.05, 0) is 13.3 Å². The van der Waals surface area contributed by atoms with Crippen molar-refractivity contribution in [3.8, 4) is 5.75 Å². The van der Waals surface area contributed by atoms with Gasteiger partial charge in [-0.25, -0.2) is 10.1 Å². The van der Waals surface area contributed by atoms with Gasteiger partial charge in [0.15, 0.2) is 5.75 Å². The number of carbonyl (C=O) groups is 1. The Labute approximate surface area is 147 Å². The van der Waals surface area contributed by atoms with Crippen LogP contribution < -0.4 is 15.8 Å². The highest BCUT2D eigenvalue weighted by Gasteiger charge is 2.39. The van der Waals surface area contributed by atoms with Gasteiger partial charge in [0.25, 0.3) is 0 Å². The van der Waals surface area contributed by atoms with Gasteiger partial charge in [0.2, 0.25) is 5.91 Å². The van der Waals surface area contributed by atoms with Crippen LogP contribution >= 0.6 is 11.8 Å². The molecule has 0 aliphatic carbocycles. The maximum atomic E-state index is 12.7. The summed E-state index contributed by atoms with van der Waals surface area (Å²) in [5.74, 6) is 0.159. The normalized spacial score (nSPS) is 21.2. The summed E-state index contributed by atoms with van der Waals surface area (Å²) in [5.41, 5.74) is -1.72. The average Bonchev–Trinajstić information content (AvgIpc) is 2.96. The van der Waals surface area contributed by atoms with Crippen molar-refractivity contribution < 1.29 is 24.6 Å². The minimum atomic E-state index is -1.03. The molecular formula is C15H19N3O6S. The van der Waals surface area contributed by atoms with Gasteiger partial charge in [-0.2, -0.15) is 0 Å². The molecule has 0 aromatic carbocycles. The van der Waals surface area contributed by atoms with E-state index in [1.54, 1.807) is 6.92 Å². The average molecular weight is 369 g/mol. The molecule has 9 nitrogen and oxygen atoms in total. The zero-order valence-electron chi connectivity index (χ0n) is 13.8. The molecule has 0 saturated heterocycles. The Morgan fingerprint density at radius 2 is 2.40 bits per heavy atom. The molecule has 0 radical (unpaired) electrons. The van der Waals surface area contributed by atoms with Gasteiger partial charge in [0, 0.05) is 11.8 Å². The molecule has 10 heteroatoms. The lowest BCUT2D eigenvalue weighted by atomic mass is 10.0. The van der Waals surface area contributed by atoms with Crippen molar-refractivity contribution >= 4 is 28.9 Å². The molecule has 0 fully saturated rings. The Morgan fingerprint density at radius 1 is 1.64 bits per heavy atom. The quantitative estimate of drug-likeness (QED) is 0.289. The molecule has 3 N–H and O–H groups in total. The smallest absolute Gasteiger partial charge is 0.339 e. The van der Waals surface area contributed by atoms with Gasteiger partial charge in [-0.3, -0.25) is 9.79 Å². The number of nitrogens with zero attached hydrogens (tertiary/aromatic N) is 2. The largest absolute Gasteiger partial charge is 0.425 e. The summed E-state index contributed by atoms with van der Waals surface area (Å²) >= 11 is 1.30. The second-order valence-corrected chi connectivity index (χ2v) is 6.67. The summed E-state index contributed by atoms with van der Waals surface area (Å²) in [6, 6.07) is 1.77. The van der Waals surface area contributed by atoms with E-state index in [9.17, 15) is 9.59 Å². The number of hydrogen-bond donors (Lipinski definition) is 3. The minimum Gasteiger partial charge on any atom is -0.425 e. The molecule has 0 bridgehead atoms.